The Labute approximate surface area is 170 Å². The van der Waals surface area contributed by atoms with Crippen molar-refractivity contribution in [3.63, 3.8) is 0 Å². The van der Waals surface area contributed by atoms with Gasteiger partial charge >= 0.3 is 0 Å². The molecular weight excluding hydrogens is 378 g/mol. The lowest BCUT2D eigenvalue weighted by atomic mass is 10.1. The lowest BCUT2D eigenvalue weighted by Crippen LogP contribution is -2.23. The summed E-state index contributed by atoms with van der Waals surface area (Å²) < 4.78 is 5.33. The molecule has 0 spiro atoms. The van der Waals surface area contributed by atoms with Gasteiger partial charge in [0.05, 0.1) is 10.2 Å². The van der Waals surface area contributed by atoms with E-state index in [2.05, 4.69) is 90.3 Å². The molecule has 0 unspecified atom stereocenters. The molecule has 0 saturated carbocycles. The molecule has 0 aliphatic heterocycles. The van der Waals surface area contributed by atoms with Gasteiger partial charge in [0.2, 0.25) is 0 Å². The second-order valence-electron chi connectivity index (χ2n) is 7.00. The molecule has 2 aromatic heterocycles. The van der Waals surface area contributed by atoms with E-state index >= 15 is 0 Å². The first-order valence-corrected chi connectivity index (χ1v) is 11.1. The zero-order valence-electron chi connectivity index (χ0n) is 15.1. The maximum atomic E-state index is 3.79. The van der Waals surface area contributed by atoms with Gasteiger partial charge in [0.1, 0.15) is 0 Å². The number of benzene rings is 3. The number of nitrogens with one attached hydrogen (secondary N) is 1. The van der Waals surface area contributed by atoms with Gasteiger partial charge in [-0.3, -0.25) is 0 Å². The molecule has 1 nitrogen and oxygen atoms in total. The van der Waals surface area contributed by atoms with Gasteiger partial charge in [-0.15, -0.1) is 22.7 Å². The highest BCUT2D eigenvalue weighted by Gasteiger charge is 2.11. The fourth-order valence-electron chi connectivity index (χ4n) is 4.04. The molecule has 134 valence electrons. The zero-order chi connectivity index (χ0) is 18.5. The minimum atomic E-state index is 0.963. The Hall–Kier alpha value is -2.88. The van der Waals surface area contributed by atoms with E-state index in [1.807, 2.05) is 22.7 Å². The van der Waals surface area contributed by atoms with Crippen LogP contribution in [0.15, 0.2) is 78.9 Å². The summed E-state index contributed by atoms with van der Waals surface area (Å²) in [6.07, 6.45) is 7.80. The van der Waals surface area contributed by atoms with Crippen LogP contribution in [0.4, 0.5) is 5.69 Å². The van der Waals surface area contributed by atoms with Crippen molar-refractivity contribution >= 4 is 70.4 Å². The summed E-state index contributed by atoms with van der Waals surface area (Å²) in [6.45, 7) is 0. The topological polar surface area (TPSA) is 12.0 Å². The third kappa shape index (κ3) is 2.44. The molecule has 1 aliphatic rings. The van der Waals surface area contributed by atoms with Gasteiger partial charge in [-0.1, -0.05) is 54.6 Å². The summed E-state index contributed by atoms with van der Waals surface area (Å²) in [6, 6.07) is 24.0. The van der Waals surface area contributed by atoms with Crippen molar-refractivity contribution in [1.82, 2.24) is 0 Å². The van der Waals surface area contributed by atoms with Crippen molar-refractivity contribution in [3.05, 3.63) is 88.6 Å². The molecule has 5 aromatic rings. The van der Waals surface area contributed by atoms with Crippen LogP contribution in [0, 0.1) is 0 Å². The van der Waals surface area contributed by atoms with Gasteiger partial charge in [0, 0.05) is 35.9 Å². The van der Waals surface area contributed by atoms with Crippen LogP contribution >= 0.6 is 22.7 Å². The van der Waals surface area contributed by atoms with Crippen LogP contribution < -0.4 is 15.1 Å². The Bertz CT molecular complexity index is 1520. The number of thiophene rings is 2. The fourth-order valence-corrected chi connectivity index (χ4v) is 6.36. The van der Waals surface area contributed by atoms with Gasteiger partial charge in [-0.2, -0.15) is 0 Å². The van der Waals surface area contributed by atoms with E-state index < -0.39 is 0 Å². The first-order valence-electron chi connectivity index (χ1n) is 9.44. The standard InChI is InChI=1S/C25H17NS2/c1-4-11-20(25-17(9-1)16-8-2-5-13-21(16)28-25)26-19-12-7-15-23-24(19)18-10-3-6-14-22(18)27-23/h2-15,26H,1H2. The number of rotatable bonds is 2. The maximum Gasteiger partial charge on any atom is 0.0587 e. The Morgan fingerprint density at radius 1 is 0.714 bits per heavy atom. The zero-order valence-corrected chi connectivity index (χ0v) is 16.7. The first kappa shape index (κ1) is 16.1. The summed E-state index contributed by atoms with van der Waals surface area (Å²) >= 11 is 3.73. The largest absolute Gasteiger partial charge is 0.354 e. The molecule has 0 radical (unpaired) electrons. The predicted molar refractivity (Wildman–Crippen MR) is 126 cm³/mol. The molecular formula is C25H17NS2. The molecule has 0 bridgehead atoms. The van der Waals surface area contributed by atoms with Crippen molar-refractivity contribution in [2.24, 2.45) is 0 Å². The molecule has 6 rings (SSSR count). The Balaban J connectivity index is 1.63. The number of allylic oxidation sites excluding steroid dienone is 1. The molecule has 0 fully saturated rings. The van der Waals surface area contributed by atoms with Crippen LogP contribution in [0.25, 0.3) is 42.0 Å². The van der Waals surface area contributed by atoms with Crippen LogP contribution in [0.2, 0.25) is 0 Å². The normalized spacial score (nSPS) is 13.6. The number of hydrogen-bond donors (Lipinski definition) is 1. The quantitative estimate of drug-likeness (QED) is 0.374. The van der Waals surface area contributed by atoms with Crippen molar-refractivity contribution < 1.29 is 0 Å². The molecule has 0 saturated heterocycles. The van der Waals surface area contributed by atoms with Gasteiger partial charge in [0.25, 0.3) is 0 Å². The first-order chi connectivity index (χ1) is 13.9. The molecule has 3 aromatic carbocycles. The van der Waals surface area contributed by atoms with Crippen LogP contribution in [-0.4, -0.2) is 0 Å². The summed E-state index contributed by atoms with van der Waals surface area (Å²) in [7, 11) is 0. The van der Waals surface area contributed by atoms with Crippen molar-refractivity contribution in [1.29, 1.82) is 0 Å². The molecule has 0 atom stereocenters. The van der Waals surface area contributed by atoms with E-state index in [-0.39, 0.29) is 0 Å². The number of anilines is 1. The third-order valence-corrected chi connectivity index (χ3v) is 7.65. The van der Waals surface area contributed by atoms with Crippen LogP contribution in [-0.2, 0) is 0 Å². The predicted octanol–water partition coefficient (Wildman–Crippen LogP) is 6.23. The van der Waals surface area contributed by atoms with Gasteiger partial charge in [0.15, 0.2) is 0 Å². The van der Waals surface area contributed by atoms with Crippen molar-refractivity contribution in [2.75, 3.05) is 5.32 Å². The summed E-state index contributed by atoms with van der Waals surface area (Å²) in [5.74, 6) is 0. The SMILES string of the molecule is C1=CC(Nc2cccc3sc4ccccc4c23)=c2sc3ccccc3c2=CC1. The Morgan fingerprint density at radius 3 is 2.36 bits per heavy atom. The highest BCUT2D eigenvalue weighted by Crippen LogP contribution is 2.38. The van der Waals surface area contributed by atoms with Crippen molar-refractivity contribution in [3.8, 4) is 0 Å². The smallest absolute Gasteiger partial charge is 0.0587 e. The monoisotopic (exact) mass is 395 g/mol. The number of fused-ring (bicyclic) bond motifs is 6. The minimum absolute atomic E-state index is 0.963. The van der Waals surface area contributed by atoms with Crippen LogP contribution in [0.5, 0.6) is 0 Å². The molecule has 0 amide bonds. The second-order valence-corrected chi connectivity index (χ2v) is 9.13. The summed E-state index contributed by atoms with van der Waals surface area (Å²) in [5.41, 5.74) is 2.37. The van der Waals surface area contributed by atoms with E-state index in [9.17, 15) is 0 Å². The molecule has 1 N–H and O–H groups in total. The highest BCUT2D eigenvalue weighted by atomic mass is 32.1. The minimum Gasteiger partial charge on any atom is -0.354 e. The van der Waals surface area contributed by atoms with Crippen LogP contribution in [0.3, 0.4) is 0 Å². The van der Waals surface area contributed by atoms with Gasteiger partial charge in [-0.25, -0.2) is 0 Å². The second kappa shape index (κ2) is 6.33. The van der Waals surface area contributed by atoms with E-state index in [0.717, 1.165) is 6.42 Å². The molecule has 3 heteroatoms. The van der Waals surface area contributed by atoms with E-state index in [1.54, 1.807) is 0 Å². The van der Waals surface area contributed by atoms with Gasteiger partial charge in [-0.05, 0) is 42.0 Å². The highest BCUT2D eigenvalue weighted by molar-refractivity contribution is 7.26. The fraction of sp³-hybridized carbons (Fsp3) is 0.0400. The van der Waals surface area contributed by atoms with Gasteiger partial charge < -0.3 is 5.32 Å². The summed E-state index contributed by atoms with van der Waals surface area (Å²) in [4.78, 5) is 0. The lowest BCUT2D eigenvalue weighted by molar-refractivity contribution is 1.49. The average Bonchev–Trinajstić information content (AvgIpc) is 3.23. The summed E-state index contributed by atoms with van der Waals surface area (Å²) in [5, 5.41) is 9.14. The molecule has 28 heavy (non-hydrogen) atoms. The lowest BCUT2D eigenvalue weighted by Gasteiger charge is -2.09. The van der Waals surface area contributed by atoms with E-state index in [1.165, 1.54) is 51.4 Å². The maximum absolute atomic E-state index is 3.79. The van der Waals surface area contributed by atoms with Crippen LogP contribution in [0.1, 0.15) is 6.42 Å². The van der Waals surface area contributed by atoms with Crippen molar-refractivity contribution in [2.45, 2.75) is 6.42 Å². The third-order valence-electron chi connectivity index (χ3n) is 5.29. The number of hydrogen-bond acceptors (Lipinski definition) is 3. The van der Waals surface area contributed by atoms with E-state index in [4.69, 9.17) is 0 Å². The Morgan fingerprint density at radius 2 is 1.46 bits per heavy atom. The van der Waals surface area contributed by atoms with E-state index in [0.29, 0.717) is 0 Å². The molecule has 2 heterocycles. The Kier molecular flexibility index (Phi) is 3.64. The average molecular weight is 396 g/mol. The molecule has 1 aliphatic carbocycles.